The first kappa shape index (κ1) is 31.5. The molecule has 0 spiro atoms. The third-order valence-corrected chi connectivity index (χ3v) is 9.39. The highest BCUT2D eigenvalue weighted by molar-refractivity contribution is 6.24. The van der Waals surface area contributed by atoms with E-state index >= 15 is 0 Å². The number of phenols is 1. The number of nitrogens with two attached hydrogens (primary N) is 1. The number of fused-ring (bicyclic) bond motifs is 3. The number of aliphatic hydroxyl groups excluding tert-OH is 2. The average molecular weight is 596 g/mol. The van der Waals surface area contributed by atoms with E-state index in [9.17, 15) is 48.0 Å². The number of Topliss-reactive ketones (excluding diaryl/α,β-unsaturated/α-hetero) is 2. The summed E-state index contributed by atoms with van der Waals surface area (Å²) in [6.45, 7) is 5.46. The van der Waals surface area contributed by atoms with Crippen molar-refractivity contribution in [3.63, 3.8) is 0 Å². The number of ketones is 2. The zero-order valence-electron chi connectivity index (χ0n) is 24.3. The number of rotatable bonds is 6. The quantitative estimate of drug-likeness (QED) is 0.311. The summed E-state index contributed by atoms with van der Waals surface area (Å²) in [5.74, 6) is -9.05. The van der Waals surface area contributed by atoms with Crippen LogP contribution in [0.1, 0.15) is 55.9 Å². The van der Waals surface area contributed by atoms with Crippen molar-refractivity contribution in [1.29, 1.82) is 0 Å². The van der Waals surface area contributed by atoms with Crippen LogP contribution in [0.25, 0.3) is 5.76 Å². The third kappa shape index (κ3) is 4.49. The molecule has 0 radical (unpaired) electrons. The molecule has 10 nitrogen and oxygen atoms in total. The lowest BCUT2D eigenvalue weighted by Crippen LogP contribution is -2.65. The van der Waals surface area contributed by atoms with E-state index in [1.165, 1.54) is 19.0 Å². The molecule has 1 saturated carbocycles. The van der Waals surface area contributed by atoms with Crippen LogP contribution in [0.2, 0.25) is 0 Å². The lowest BCUT2D eigenvalue weighted by molar-refractivity contribution is -0.153. The number of amides is 1. The van der Waals surface area contributed by atoms with Crippen LogP contribution in [-0.4, -0.2) is 86.0 Å². The molecular formula is C29H36F3N3O7. The molecule has 6 N–H and O–H groups in total. The van der Waals surface area contributed by atoms with Crippen molar-refractivity contribution in [3.8, 4) is 5.75 Å². The van der Waals surface area contributed by atoms with Gasteiger partial charge in [0.1, 0.15) is 22.8 Å². The molecule has 4 rings (SSSR count). The number of hydrogen-bond acceptors (Lipinski definition) is 9. The molecule has 1 aromatic rings. The van der Waals surface area contributed by atoms with E-state index in [2.05, 4.69) is 0 Å². The first-order valence-corrected chi connectivity index (χ1v) is 13.5. The number of aliphatic hydroxyl groups is 3. The van der Waals surface area contributed by atoms with Crippen molar-refractivity contribution in [2.75, 3.05) is 21.1 Å². The van der Waals surface area contributed by atoms with E-state index in [0.29, 0.717) is 6.42 Å². The third-order valence-electron chi connectivity index (χ3n) is 9.39. The number of benzene rings is 1. The van der Waals surface area contributed by atoms with Crippen LogP contribution >= 0.6 is 0 Å². The summed E-state index contributed by atoms with van der Waals surface area (Å²) < 4.78 is 44.1. The molecule has 230 valence electrons. The zero-order chi connectivity index (χ0) is 31.9. The number of likely N-dealkylation sites (N-methyl/N-ethyl adjacent to an activating group) is 1. The van der Waals surface area contributed by atoms with Gasteiger partial charge in [0.15, 0.2) is 11.4 Å². The summed E-state index contributed by atoms with van der Waals surface area (Å²) in [5, 5.41) is 44.7. The smallest absolute Gasteiger partial charge is 0.417 e. The van der Waals surface area contributed by atoms with E-state index in [0.717, 1.165) is 6.07 Å². The van der Waals surface area contributed by atoms with E-state index in [1.54, 1.807) is 11.9 Å². The Labute approximate surface area is 240 Å². The maximum atomic E-state index is 14.7. The Morgan fingerprint density at radius 2 is 1.74 bits per heavy atom. The number of hydrogen-bond donors (Lipinski definition) is 5. The monoisotopic (exact) mass is 595 g/mol. The molecule has 3 aliphatic rings. The van der Waals surface area contributed by atoms with Gasteiger partial charge in [-0.25, -0.2) is 0 Å². The lowest BCUT2D eigenvalue weighted by atomic mass is 9.57. The van der Waals surface area contributed by atoms with Crippen molar-refractivity contribution in [2.24, 2.45) is 17.6 Å². The second-order valence-electron chi connectivity index (χ2n) is 12.3. The van der Waals surface area contributed by atoms with Crippen molar-refractivity contribution in [3.05, 3.63) is 45.2 Å². The lowest BCUT2D eigenvalue weighted by Gasteiger charge is -2.50. The fourth-order valence-corrected chi connectivity index (χ4v) is 6.60. The standard InChI is InChI=1S/C29H36F3N3O7/c1-7-27(2,3)35(6)11-13-10-16(36)18-14(20(13)29(30,31)32)8-12-9-15-21(34(4)5)23(38)19(26(33)41)25(40)28(15,42)24(39)17(12)22(18)37/h10,12,15,21,36-37,40,42H,7-9,11H2,1-6H3,(H2,33,41)/t12-,15-,21-,28-/m0/s1. The van der Waals surface area contributed by atoms with Crippen LogP contribution < -0.4 is 5.73 Å². The zero-order valence-corrected chi connectivity index (χ0v) is 24.3. The highest BCUT2D eigenvalue weighted by Gasteiger charge is 2.64. The number of halogens is 3. The van der Waals surface area contributed by atoms with Crippen LogP contribution in [0, 0.1) is 11.8 Å². The minimum atomic E-state index is -4.90. The van der Waals surface area contributed by atoms with Gasteiger partial charge in [-0.1, -0.05) is 6.92 Å². The van der Waals surface area contributed by atoms with Gasteiger partial charge in [-0.2, -0.15) is 13.2 Å². The van der Waals surface area contributed by atoms with Gasteiger partial charge < -0.3 is 26.2 Å². The highest BCUT2D eigenvalue weighted by Crippen LogP contribution is 2.54. The Hall–Kier alpha value is -3.42. The number of nitrogens with zero attached hydrogens (tertiary/aromatic N) is 2. The number of carbonyl (C=O) groups is 3. The summed E-state index contributed by atoms with van der Waals surface area (Å²) in [6.07, 6.45) is -5.03. The van der Waals surface area contributed by atoms with Crippen molar-refractivity contribution in [1.82, 2.24) is 9.80 Å². The summed E-state index contributed by atoms with van der Waals surface area (Å²) in [5.41, 5.74) is -1.81. The highest BCUT2D eigenvalue weighted by atomic mass is 19.4. The van der Waals surface area contributed by atoms with Gasteiger partial charge in [0.25, 0.3) is 5.91 Å². The topological polar surface area (TPSA) is 165 Å². The van der Waals surface area contributed by atoms with Crippen molar-refractivity contribution >= 4 is 23.2 Å². The second kappa shape index (κ2) is 10.1. The van der Waals surface area contributed by atoms with E-state index in [1.807, 2.05) is 20.8 Å². The van der Waals surface area contributed by atoms with Gasteiger partial charge in [0, 0.05) is 23.6 Å². The van der Waals surface area contributed by atoms with E-state index < -0.39 is 104 Å². The molecule has 13 heteroatoms. The fourth-order valence-electron chi connectivity index (χ4n) is 6.60. The minimum absolute atomic E-state index is 0.175. The molecule has 0 heterocycles. The van der Waals surface area contributed by atoms with Crippen molar-refractivity contribution in [2.45, 2.75) is 69.9 Å². The van der Waals surface area contributed by atoms with E-state index in [4.69, 9.17) is 5.73 Å². The number of phenolic OH excluding ortho intramolecular Hbond substituents is 1. The van der Waals surface area contributed by atoms with Crippen LogP contribution in [0.15, 0.2) is 23.0 Å². The Kier molecular flexibility index (Phi) is 7.57. The summed E-state index contributed by atoms with van der Waals surface area (Å²) in [6, 6.07) is -0.426. The molecule has 0 aromatic heterocycles. The molecule has 3 aliphatic carbocycles. The Bertz CT molecular complexity index is 1450. The Morgan fingerprint density at radius 1 is 1.14 bits per heavy atom. The molecule has 42 heavy (non-hydrogen) atoms. The SMILES string of the molecule is CCC(C)(C)N(C)Cc1cc(O)c2c(c1C(F)(F)F)C[C@H]1C[C@H]3[C@H](N(C)C)C(=O)C(C(N)=O)=C(O)[C@@]3(O)C(=O)C1=C2O. The number of primary amides is 1. The molecule has 1 amide bonds. The molecule has 4 atom stereocenters. The Morgan fingerprint density at radius 3 is 2.24 bits per heavy atom. The minimum Gasteiger partial charge on any atom is -0.508 e. The molecule has 0 unspecified atom stereocenters. The van der Waals surface area contributed by atoms with Gasteiger partial charge >= 0.3 is 6.18 Å². The van der Waals surface area contributed by atoms with E-state index in [-0.39, 0.29) is 18.5 Å². The molecule has 0 saturated heterocycles. The maximum Gasteiger partial charge on any atom is 0.417 e. The largest absolute Gasteiger partial charge is 0.508 e. The van der Waals surface area contributed by atoms with Gasteiger partial charge in [-0.15, -0.1) is 0 Å². The molecule has 0 bridgehead atoms. The number of carbonyl (C=O) groups excluding carboxylic acids is 3. The summed E-state index contributed by atoms with van der Waals surface area (Å²) in [7, 11) is 4.54. The summed E-state index contributed by atoms with van der Waals surface area (Å²) >= 11 is 0. The predicted octanol–water partition coefficient (Wildman–Crippen LogP) is 2.60. The molecular weight excluding hydrogens is 559 g/mol. The van der Waals surface area contributed by atoms with Gasteiger partial charge in [0.05, 0.1) is 17.2 Å². The second-order valence-corrected chi connectivity index (χ2v) is 12.3. The fraction of sp³-hybridized carbons (Fsp3) is 0.552. The van der Waals surface area contributed by atoms with Crippen LogP contribution in [0.3, 0.4) is 0 Å². The average Bonchev–Trinajstić information content (AvgIpc) is 2.84. The Balaban J connectivity index is 1.97. The van der Waals surface area contributed by atoms with Gasteiger partial charge in [-0.05, 0) is 77.4 Å². The predicted molar refractivity (Wildman–Crippen MR) is 145 cm³/mol. The first-order chi connectivity index (χ1) is 19.2. The van der Waals surface area contributed by atoms with Gasteiger partial charge in [0.2, 0.25) is 5.78 Å². The van der Waals surface area contributed by atoms with Gasteiger partial charge in [-0.3, -0.25) is 24.2 Å². The van der Waals surface area contributed by atoms with Crippen molar-refractivity contribution < 1.29 is 48.0 Å². The maximum absolute atomic E-state index is 14.7. The van der Waals surface area contributed by atoms with Crippen LogP contribution in [0.4, 0.5) is 13.2 Å². The normalized spacial score (nSPS) is 26.5. The van der Waals surface area contributed by atoms with Crippen LogP contribution in [0.5, 0.6) is 5.75 Å². The first-order valence-electron chi connectivity index (χ1n) is 13.5. The van der Waals surface area contributed by atoms with Crippen LogP contribution in [-0.2, 0) is 33.5 Å². The molecule has 1 fully saturated rings. The number of aromatic hydroxyl groups is 1. The molecule has 0 aliphatic heterocycles. The number of alkyl halides is 3. The summed E-state index contributed by atoms with van der Waals surface area (Å²) in [4.78, 5) is 42.2. The molecule has 1 aromatic carbocycles.